The first-order valence-corrected chi connectivity index (χ1v) is 11.6. The molecule has 0 radical (unpaired) electrons. The number of hydrogen-bond donors (Lipinski definition) is 2. The first-order chi connectivity index (χ1) is 15.2. The van der Waals surface area contributed by atoms with E-state index < -0.39 is 0 Å². The average Bonchev–Trinajstić information content (AvgIpc) is 2.79. The summed E-state index contributed by atoms with van der Waals surface area (Å²) in [6, 6.07) is 14.8. The Kier molecular flexibility index (Phi) is 9.16. The molecule has 0 aliphatic heterocycles. The molecule has 0 saturated heterocycles. The van der Waals surface area contributed by atoms with Crippen molar-refractivity contribution in [3.8, 4) is 11.5 Å². The van der Waals surface area contributed by atoms with Gasteiger partial charge in [0.1, 0.15) is 11.5 Å². The van der Waals surface area contributed by atoms with Crippen LogP contribution >= 0.6 is 12.2 Å². The zero-order valence-corrected chi connectivity index (χ0v) is 19.0. The van der Waals surface area contributed by atoms with Gasteiger partial charge in [-0.2, -0.15) is 0 Å². The minimum atomic E-state index is -0.299. The number of para-hydroxylation sites is 1. The molecule has 1 amide bonds. The minimum Gasteiger partial charge on any atom is -0.494 e. The van der Waals surface area contributed by atoms with E-state index >= 15 is 0 Å². The second-order valence-corrected chi connectivity index (χ2v) is 8.33. The third-order valence-electron chi connectivity index (χ3n) is 5.45. The third-order valence-corrected chi connectivity index (χ3v) is 5.66. The van der Waals surface area contributed by atoms with Gasteiger partial charge in [-0.25, -0.2) is 0 Å². The predicted molar refractivity (Wildman–Crippen MR) is 129 cm³/mol. The molecule has 166 valence electrons. The Labute approximate surface area is 190 Å². The summed E-state index contributed by atoms with van der Waals surface area (Å²) in [6.07, 6.45) is 8.77. The van der Waals surface area contributed by atoms with Gasteiger partial charge in [0.2, 0.25) is 0 Å². The summed E-state index contributed by atoms with van der Waals surface area (Å²) in [5.41, 5.74) is 1.25. The molecule has 1 aliphatic rings. The van der Waals surface area contributed by atoms with Crippen molar-refractivity contribution in [3.63, 3.8) is 0 Å². The van der Waals surface area contributed by atoms with Crippen molar-refractivity contribution >= 4 is 28.9 Å². The summed E-state index contributed by atoms with van der Waals surface area (Å²) in [6.45, 7) is 3.34. The van der Waals surface area contributed by atoms with Crippen LogP contribution < -0.4 is 20.1 Å². The molecule has 0 bridgehead atoms. The number of carbonyl (C=O) groups excluding carboxylic acids is 1. The number of amides is 1. The lowest BCUT2D eigenvalue weighted by Gasteiger charge is -2.21. The van der Waals surface area contributed by atoms with Crippen molar-refractivity contribution in [1.82, 2.24) is 5.32 Å². The van der Waals surface area contributed by atoms with E-state index in [0.29, 0.717) is 17.9 Å². The lowest BCUT2D eigenvalue weighted by molar-refractivity contribution is 0.0973. The van der Waals surface area contributed by atoms with Crippen LogP contribution in [0.3, 0.4) is 0 Å². The van der Waals surface area contributed by atoms with Crippen molar-refractivity contribution in [3.05, 3.63) is 54.1 Å². The average molecular weight is 441 g/mol. The lowest BCUT2D eigenvalue weighted by atomic mass is 9.87. The maximum atomic E-state index is 12.6. The molecule has 0 heterocycles. The quantitative estimate of drug-likeness (QED) is 0.472. The fourth-order valence-electron chi connectivity index (χ4n) is 3.78. The molecule has 2 aromatic carbocycles. The molecular formula is C25H32N2O3S. The summed E-state index contributed by atoms with van der Waals surface area (Å²) >= 11 is 5.30. The molecule has 0 spiro atoms. The van der Waals surface area contributed by atoms with Gasteiger partial charge in [-0.1, -0.05) is 51.2 Å². The van der Waals surface area contributed by atoms with E-state index in [1.165, 1.54) is 32.1 Å². The van der Waals surface area contributed by atoms with Crippen LogP contribution in [0.2, 0.25) is 0 Å². The number of anilines is 1. The Morgan fingerprint density at radius 3 is 2.48 bits per heavy atom. The summed E-state index contributed by atoms with van der Waals surface area (Å²) in [4.78, 5) is 12.6. The Morgan fingerprint density at radius 1 is 1.00 bits per heavy atom. The number of ether oxygens (including phenoxy) is 2. The van der Waals surface area contributed by atoms with Crippen LogP contribution in [-0.2, 0) is 0 Å². The highest BCUT2D eigenvalue weighted by Gasteiger charge is 2.14. The molecule has 1 fully saturated rings. The summed E-state index contributed by atoms with van der Waals surface area (Å²) in [5, 5.41) is 6.00. The van der Waals surface area contributed by atoms with Gasteiger partial charge in [-0.05, 0) is 67.4 Å². The summed E-state index contributed by atoms with van der Waals surface area (Å²) in [7, 11) is 0. The maximum Gasteiger partial charge on any atom is 0.261 e. The normalized spacial score (nSPS) is 14.0. The summed E-state index contributed by atoms with van der Waals surface area (Å²) in [5.74, 6) is 1.91. The van der Waals surface area contributed by atoms with E-state index in [-0.39, 0.29) is 11.0 Å². The van der Waals surface area contributed by atoms with Crippen molar-refractivity contribution in [2.45, 2.75) is 51.9 Å². The molecule has 3 rings (SSSR count). The van der Waals surface area contributed by atoms with Gasteiger partial charge >= 0.3 is 0 Å². The van der Waals surface area contributed by atoms with Crippen LogP contribution in [0.5, 0.6) is 11.5 Å². The Bertz CT molecular complexity index is 848. The van der Waals surface area contributed by atoms with Gasteiger partial charge < -0.3 is 14.8 Å². The maximum absolute atomic E-state index is 12.6. The minimum absolute atomic E-state index is 0.237. The Balaban J connectivity index is 1.45. The first-order valence-electron chi connectivity index (χ1n) is 11.2. The van der Waals surface area contributed by atoms with Gasteiger partial charge in [0.25, 0.3) is 5.91 Å². The second kappa shape index (κ2) is 12.3. The number of benzene rings is 2. The monoisotopic (exact) mass is 440 g/mol. The molecule has 2 aromatic rings. The van der Waals surface area contributed by atoms with Gasteiger partial charge in [-0.15, -0.1) is 0 Å². The van der Waals surface area contributed by atoms with E-state index in [9.17, 15) is 4.79 Å². The van der Waals surface area contributed by atoms with Crippen LogP contribution in [0.25, 0.3) is 0 Å². The Morgan fingerprint density at radius 2 is 1.74 bits per heavy atom. The van der Waals surface area contributed by atoms with E-state index in [2.05, 4.69) is 10.6 Å². The van der Waals surface area contributed by atoms with Crippen LogP contribution in [0.1, 0.15) is 62.2 Å². The van der Waals surface area contributed by atoms with Crippen LogP contribution in [-0.4, -0.2) is 24.2 Å². The van der Waals surface area contributed by atoms with Crippen molar-refractivity contribution < 1.29 is 14.3 Å². The smallest absolute Gasteiger partial charge is 0.261 e. The number of hydrogen-bond acceptors (Lipinski definition) is 4. The topological polar surface area (TPSA) is 59.6 Å². The van der Waals surface area contributed by atoms with Gasteiger partial charge in [0, 0.05) is 5.69 Å². The van der Waals surface area contributed by atoms with Crippen LogP contribution in [0.15, 0.2) is 48.5 Å². The fourth-order valence-corrected chi connectivity index (χ4v) is 3.99. The molecule has 5 nitrogen and oxygen atoms in total. The Hall–Kier alpha value is -2.60. The zero-order valence-electron chi connectivity index (χ0n) is 18.2. The second-order valence-electron chi connectivity index (χ2n) is 7.92. The number of carbonyl (C=O) groups is 1. The van der Waals surface area contributed by atoms with Gasteiger partial charge in [0.05, 0.1) is 18.8 Å². The molecule has 2 N–H and O–H groups in total. The van der Waals surface area contributed by atoms with E-state index in [1.54, 1.807) is 18.2 Å². The molecule has 1 saturated carbocycles. The predicted octanol–water partition coefficient (Wildman–Crippen LogP) is 5.95. The van der Waals surface area contributed by atoms with Crippen molar-refractivity contribution in [1.29, 1.82) is 0 Å². The zero-order chi connectivity index (χ0) is 21.9. The molecule has 0 aromatic heterocycles. The number of thiocarbonyl (C=S) groups is 1. The van der Waals surface area contributed by atoms with Gasteiger partial charge in [0.15, 0.2) is 5.11 Å². The highest BCUT2D eigenvalue weighted by molar-refractivity contribution is 7.80. The van der Waals surface area contributed by atoms with E-state index in [1.807, 2.05) is 37.3 Å². The largest absolute Gasteiger partial charge is 0.494 e. The van der Waals surface area contributed by atoms with E-state index in [0.717, 1.165) is 36.8 Å². The highest BCUT2D eigenvalue weighted by atomic mass is 32.1. The van der Waals surface area contributed by atoms with Gasteiger partial charge in [-0.3, -0.25) is 10.1 Å². The molecule has 1 aliphatic carbocycles. The number of rotatable bonds is 9. The molecular weight excluding hydrogens is 408 g/mol. The molecule has 0 atom stereocenters. The molecule has 0 unspecified atom stereocenters. The standard InChI is InChI=1S/C25H32N2O3S/c1-2-17-30-23-11-7-6-10-22(23)24(28)27-25(31)26-20-12-14-21(15-13-20)29-18-16-19-8-4-3-5-9-19/h6-7,10-15,19H,2-5,8-9,16-18H2,1H3,(H2,26,27,28,31). The number of nitrogens with one attached hydrogen (secondary N) is 2. The lowest BCUT2D eigenvalue weighted by Crippen LogP contribution is -2.34. The SMILES string of the molecule is CCCOc1ccccc1C(=O)NC(=S)Nc1ccc(OCCC2CCCCC2)cc1. The van der Waals surface area contributed by atoms with Crippen LogP contribution in [0.4, 0.5) is 5.69 Å². The fraction of sp³-hybridized carbons (Fsp3) is 0.440. The molecule has 6 heteroatoms. The first kappa shape index (κ1) is 23.1. The van der Waals surface area contributed by atoms with Crippen molar-refractivity contribution in [2.75, 3.05) is 18.5 Å². The molecule has 31 heavy (non-hydrogen) atoms. The summed E-state index contributed by atoms with van der Waals surface area (Å²) < 4.78 is 11.5. The highest BCUT2D eigenvalue weighted by Crippen LogP contribution is 2.26. The third kappa shape index (κ3) is 7.55. The van der Waals surface area contributed by atoms with E-state index in [4.69, 9.17) is 21.7 Å². The van der Waals surface area contributed by atoms with Crippen LogP contribution in [0, 0.1) is 5.92 Å². The van der Waals surface area contributed by atoms with Crippen molar-refractivity contribution in [2.24, 2.45) is 5.92 Å².